The molecule has 0 fully saturated rings. The van der Waals surface area contributed by atoms with Crippen molar-refractivity contribution in [3.63, 3.8) is 0 Å². The molecule has 0 amide bonds. The van der Waals surface area contributed by atoms with Crippen molar-refractivity contribution >= 4 is 17.2 Å². The first kappa shape index (κ1) is 10.4. The summed E-state index contributed by atoms with van der Waals surface area (Å²) in [6.45, 7) is 0. The Kier molecular flexibility index (Phi) is 2.72. The lowest BCUT2D eigenvalue weighted by atomic mass is 10.1. The molecule has 0 saturated heterocycles. The van der Waals surface area contributed by atoms with E-state index in [-0.39, 0.29) is 5.75 Å². The number of aromatic hydroxyl groups is 1. The minimum absolute atomic E-state index is 0.113. The van der Waals surface area contributed by atoms with Crippen molar-refractivity contribution in [1.29, 1.82) is 0 Å². The standard InChI is InChI=1S/C12H11NO3/c1-13-7-6-9-10(14)4-2-8-3-5-11(15)16-12(8)9/h2-5,7,14H,6H2,1H3/b13-7+. The molecule has 0 radical (unpaired) electrons. The second-order valence-electron chi connectivity index (χ2n) is 3.38. The number of phenolic OH excluding ortho intramolecular Hbond substituents is 1. The van der Waals surface area contributed by atoms with Crippen LogP contribution in [-0.4, -0.2) is 18.4 Å². The Bertz CT molecular complexity index is 599. The van der Waals surface area contributed by atoms with Crippen LogP contribution in [0.4, 0.5) is 0 Å². The average molecular weight is 217 g/mol. The smallest absolute Gasteiger partial charge is 0.336 e. The molecule has 0 unspecified atom stereocenters. The molecule has 0 aliphatic carbocycles. The summed E-state index contributed by atoms with van der Waals surface area (Å²) in [7, 11) is 1.65. The van der Waals surface area contributed by atoms with Gasteiger partial charge in [-0.2, -0.15) is 0 Å². The van der Waals surface area contributed by atoms with Gasteiger partial charge in [0, 0.05) is 36.7 Å². The van der Waals surface area contributed by atoms with E-state index in [0.29, 0.717) is 17.6 Å². The van der Waals surface area contributed by atoms with Gasteiger partial charge < -0.3 is 14.5 Å². The van der Waals surface area contributed by atoms with Crippen molar-refractivity contribution < 1.29 is 9.52 Å². The fourth-order valence-corrected chi connectivity index (χ4v) is 1.56. The normalized spacial score (nSPS) is 11.3. The van der Waals surface area contributed by atoms with Gasteiger partial charge in [0.15, 0.2) is 0 Å². The monoisotopic (exact) mass is 217 g/mol. The van der Waals surface area contributed by atoms with Crippen LogP contribution in [0.1, 0.15) is 5.56 Å². The van der Waals surface area contributed by atoms with Crippen LogP contribution < -0.4 is 5.63 Å². The van der Waals surface area contributed by atoms with Crippen molar-refractivity contribution in [2.75, 3.05) is 7.05 Å². The van der Waals surface area contributed by atoms with Crippen LogP contribution >= 0.6 is 0 Å². The molecule has 4 heteroatoms. The fraction of sp³-hybridized carbons (Fsp3) is 0.167. The number of hydrogen-bond acceptors (Lipinski definition) is 4. The SMILES string of the molecule is C/N=C/Cc1c(O)ccc2ccc(=O)oc12. The number of fused-ring (bicyclic) bond motifs is 1. The van der Waals surface area contributed by atoms with Crippen LogP contribution in [0.15, 0.2) is 38.5 Å². The van der Waals surface area contributed by atoms with Gasteiger partial charge >= 0.3 is 5.63 Å². The molecular weight excluding hydrogens is 206 g/mol. The third-order valence-corrected chi connectivity index (χ3v) is 2.35. The summed E-state index contributed by atoms with van der Waals surface area (Å²) in [5.74, 6) is 0.113. The van der Waals surface area contributed by atoms with Gasteiger partial charge in [0.05, 0.1) is 0 Å². The number of nitrogens with zero attached hydrogens (tertiary/aromatic N) is 1. The van der Waals surface area contributed by atoms with Crippen molar-refractivity contribution in [2.24, 2.45) is 4.99 Å². The summed E-state index contributed by atoms with van der Waals surface area (Å²) in [4.78, 5) is 15.0. The maximum Gasteiger partial charge on any atom is 0.336 e. The van der Waals surface area contributed by atoms with Crippen molar-refractivity contribution in [2.45, 2.75) is 6.42 Å². The fourth-order valence-electron chi connectivity index (χ4n) is 1.56. The third kappa shape index (κ3) is 1.82. The van der Waals surface area contributed by atoms with E-state index in [0.717, 1.165) is 5.39 Å². The molecule has 1 aromatic carbocycles. The Morgan fingerprint density at radius 1 is 1.38 bits per heavy atom. The van der Waals surface area contributed by atoms with Crippen LogP contribution in [-0.2, 0) is 6.42 Å². The Morgan fingerprint density at radius 3 is 2.88 bits per heavy atom. The summed E-state index contributed by atoms with van der Waals surface area (Å²) >= 11 is 0. The lowest BCUT2D eigenvalue weighted by Crippen LogP contribution is -1.98. The molecule has 0 aliphatic rings. The highest BCUT2D eigenvalue weighted by Crippen LogP contribution is 2.26. The first-order valence-electron chi connectivity index (χ1n) is 4.87. The second-order valence-corrected chi connectivity index (χ2v) is 3.38. The molecule has 82 valence electrons. The molecule has 2 aromatic rings. The van der Waals surface area contributed by atoms with E-state index in [1.807, 2.05) is 0 Å². The maximum absolute atomic E-state index is 11.1. The molecule has 0 saturated carbocycles. The zero-order valence-corrected chi connectivity index (χ0v) is 8.80. The van der Waals surface area contributed by atoms with Crippen LogP contribution in [0.5, 0.6) is 5.75 Å². The minimum atomic E-state index is -0.423. The van der Waals surface area contributed by atoms with Crippen molar-refractivity contribution in [3.8, 4) is 5.75 Å². The van der Waals surface area contributed by atoms with E-state index < -0.39 is 5.63 Å². The molecular formula is C12H11NO3. The highest BCUT2D eigenvalue weighted by molar-refractivity contribution is 5.84. The Hall–Kier alpha value is -2.10. The summed E-state index contributed by atoms with van der Waals surface area (Å²) in [6, 6.07) is 6.33. The predicted octanol–water partition coefficient (Wildman–Crippen LogP) is 1.74. The molecule has 0 bridgehead atoms. The zero-order chi connectivity index (χ0) is 11.5. The summed E-state index contributed by atoms with van der Waals surface area (Å²) in [5, 5.41) is 10.5. The van der Waals surface area contributed by atoms with E-state index in [4.69, 9.17) is 4.42 Å². The van der Waals surface area contributed by atoms with Gasteiger partial charge in [0.2, 0.25) is 0 Å². The van der Waals surface area contributed by atoms with E-state index in [1.54, 1.807) is 31.5 Å². The molecule has 1 N–H and O–H groups in total. The predicted molar refractivity (Wildman–Crippen MR) is 62.3 cm³/mol. The van der Waals surface area contributed by atoms with E-state index in [2.05, 4.69) is 4.99 Å². The highest BCUT2D eigenvalue weighted by Gasteiger charge is 2.08. The lowest BCUT2D eigenvalue weighted by molar-refractivity contribution is 0.467. The van der Waals surface area contributed by atoms with Gasteiger partial charge in [0.25, 0.3) is 0 Å². The van der Waals surface area contributed by atoms with Gasteiger partial charge in [0.1, 0.15) is 11.3 Å². The van der Waals surface area contributed by atoms with Crippen LogP contribution in [0.25, 0.3) is 11.0 Å². The summed E-state index contributed by atoms with van der Waals surface area (Å²) in [6.07, 6.45) is 2.09. The topological polar surface area (TPSA) is 62.8 Å². The summed E-state index contributed by atoms with van der Waals surface area (Å²) < 4.78 is 5.09. The Morgan fingerprint density at radius 2 is 2.12 bits per heavy atom. The number of aliphatic imine (C=N–C) groups is 1. The number of hydrogen-bond donors (Lipinski definition) is 1. The number of benzene rings is 1. The van der Waals surface area contributed by atoms with Gasteiger partial charge in [-0.15, -0.1) is 0 Å². The largest absolute Gasteiger partial charge is 0.508 e. The van der Waals surface area contributed by atoms with Gasteiger partial charge in [-0.3, -0.25) is 0 Å². The second kappa shape index (κ2) is 4.18. The van der Waals surface area contributed by atoms with Gasteiger partial charge in [-0.05, 0) is 18.2 Å². The molecule has 1 heterocycles. The van der Waals surface area contributed by atoms with Crippen molar-refractivity contribution in [1.82, 2.24) is 0 Å². The van der Waals surface area contributed by atoms with E-state index in [1.165, 1.54) is 6.07 Å². The molecule has 4 nitrogen and oxygen atoms in total. The van der Waals surface area contributed by atoms with E-state index >= 15 is 0 Å². The molecule has 1 aromatic heterocycles. The number of rotatable bonds is 2. The zero-order valence-electron chi connectivity index (χ0n) is 8.80. The van der Waals surface area contributed by atoms with Crippen molar-refractivity contribution in [3.05, 3.63) is 40.2 Å². The highest BCUT2D eigenvalue weighted by atomic mass is 16.4. The minimum Gasteiger partial charge on any atom is -0.508 e. The lowest BCUT2D eigenvalue weighted by Gasteiger charge is -2.04. The Labute approximate surface area is 91.9 Å². The first-order valence-corrected chi connectivity index (χ1v) is 4.87. The van der Waals surface area contributed by atoms with Crippen LogP contribution in [0.3, 0.4) is 0 Å². The van der Waals surface area contributed by atoms with Gasteiger partial charge in [-0.25, -0.2) is 4.79 Å². The van der Waals surface area contributed by atoms with Crippen LogP contribution in [0.2, 0.25) is 0 Å². The van der Waals surface area contributed by atoms with E-state index in [9.17, 15) is 9.90 Å². The molecule has 16 heavy (non-hydrogen) atoms. The maximum atomic E-state index is 11.1. The molecule has 0 spiro atoms. The Balaban J connectivity index is 2.71. The quantitative estimate of drug-likeness (QED) is 0.615. The first-order chi connectivity index (χ1) is 7.72. The number of phenols is 1. The summed E-state index contributed by atoms with van der Waals surface area (Å²) in [5.41, 5.74) is 0.584. The molecule has 0 atom stereocenters. The van der Waals surface area contributed by atoms with Gasteiger partial charge in [-0.1, -0.05) is 0 Å². The van der Waals surface area contributed by atoms with Crippen LogP contribution in [0, 0.1) is 0 Å². The molecule has 0 aliphatic heterocycles. The average Bonchev–Trinajstić information content (AvgIpc) is 2.28. The third-order valence-electron chi connectivity index (χ3n) is 2.35. The molecule has 2 rings (SSSR count).